The first-order valence-corrected chi connectivity index (χ1v) is 10.0. The van der Waals surface area contributed by atoms with Crippen LogP contribution in [0.5, 0.6) is 0 Å². The second-order valence-electron chi connectivity index (χ2n) is 7.68. The van der Waals surface area contributed by atoms with Crippen LogP contribution in [-0.2, 0) is 11.2 Å². The van der Waals surface area contributed by atoms with Gasteiger partial charge in [0.05, 0.1) is 0 Å². The number of benzene rings is 1. The highest BCUT2D eigenvalue weighted by atomic mass is 16.3. The fraction of sp³-hybridized carbons (Fsp3) is 0.476. The number of nitrogens with zero attached hydrogens (tertiary/aromatic N) is 5. The molecule has 3 aliphatic heterocycles. The third kappa shape index (κ3) is 3.07. The molecule has 8 nitrogen and oxygen atoms in total. The summed E-state index contributed by atoms with van der Waals surface area (Å²) in [5.41, 5.74) is 3.31. The molecule has 0 saturated carbocycles. The lowest BCUT2D eigenvalue weighted by atomic mass is 10.1. The van der Waals surface area contributed by atoms with Crippen molar-refractivity contribution in [1.82, 2.24) is 19.6 Å². The number of carbonyl (C=O) groups is 2. The van der Waals surface area contributed by atoms with Crippen molar-refractivity contribution in [2.45, 2.75) is 38.9 Å². The molecular weight excluding hydrogens is 370 g/mol. The lowest BCUT2D eigenvalue weighted by Crippen LogP contribution is -2.64. The van der Waals surface area contributed by atoms with E-state index < -0.39 is 12.2 Å². The van der Waals surface area contributed by atoms with E-state index in [-0.39, 0.29) is 25.1 Å². The minimum atomic E-state index is -0.553. The Morgan fingerprint density at radius 2 is 1.76 bits per heavy atom. The van der Waals surface area contributed by atoms with Crippen molar-refractivity contribution in [2.24, 2.45) is 4.99 Å². The molecule has 1 N–H and O–H groups in total. The van der Waals surface area contributed by atoms with E-state index in [0.717, 1.165) is 30.3 Å². The topological polar surface area (TPSA) is 79.7 Å². The van der Waals surface area contributed by atoms with Crippen LogP contribution in [0.1, 0.15) is 25.8 Å². The number of imide groups is 1. The molecule has 1 saturated heterocycles. The van der Waals surface area contributed by atoms with Gasteiger partial charge in [-0.2, -0.15) is 0 Å². The molecule has 4 rings (SSSR count). The highest BCUT2D eigenvalue weighted by Gasteiger charge is 2.55. The van der Waals surface area contributed by atoms with Crippen LogP contribution in [0, 0.1) is 0 Å². The third-order valence-corrected chi connectivity index (χ3v) is 6.01. The van der Waals surface area contributed by atoms with Gasteiger partial charge in [-0.3, -0.25) is 14.6 Å². The molecule has 0 spiro atoms. The van der Waals surface area contributed by atoms with E-state index in [1.165, 1.54) is 15.4 Å². The van der Waals surface area contributed by atoms with E-state index in [9.17, 15) is 9.59 Å². The van der Waals surface area contributed by atoms with Crippen molar-refractivity contribution < 1.29 is 14.7 Å². The maximum absolute atomic E-state index is 13.2. The van der Waals surface area contributed by atoms with Crippen molar-refractivity contribution in [3.63, 3.8) is 0 Å². The van der Waals surface area contributed by atoms with Crippen LogP contribution in [0.2, 0.25) is 0 Å². The fourth-order valence-electron chi connectivity index (χ4n) is 4.27. The highest BCUT2D eigenvalue weighted by molar-refractivity contribution is 6.05. The first kappa shape index (κ1) is 19.4. The second kappa shape index (κ2) is 7.51. The molecule has 1 aromatic carbocycles. The Labute approximate surface area is 170 Å². The Morgan fingerprint density at radius 3 is 2.45 bits per heavy atom. The fourth-order valence-corrected chi connectivity index (χ4v) is 4.27. The molecule has 0 aromatic heterocycles. The number of aliphatic hydroxyl groups is 1. The molecule has 154 valence electrons. The normalized spacial score (nSPS) is 23.8. The van der Waals surface area contributed by atoms with Crippen molar-refractivity contribution in [1.29, 1.82) is 0 Å². The number of carbonyl (C=O) groups excluding carboxylic acids is 2. The summed E-state index contributed by atoms with van der Waals surface area (Å²) in [6, 6.07) is 9.36. The molecule has 0 bridgehead atoms. The van der Waals surface area contributed by atoms with Gasteiger partial charge in [0.1, 0.15) is 0 Å². The van der Waals surface area contributed by atoms with E-state index >= 15 is 0 Å². The zero-order chi connectivity index (χ0) is 20.7. The lowest BCUT2D eigenvalue weighted by Gasteiger charge is -2.40. The van der Waals surface area contributed by atoms with Crippen molar-refractivity contribution in [3.05, 3.63) is 47.3 Å². The van der Waals surface area contributed by atoms with Gasteiger partial charge in [0.15, 0.2) is 12.2 Å². The molecule has 1 fully saturated rings. The van der Waals surface area contributed by atoms with E-state index in [1.54, 1.807) is 7.05 Å². The average molecular weight is 397 g/mol. The number of fused-ring (bicyclic) bond motifs is 3. The number of aliphatic hydroxyl groups excluding tert-OH is 1. The van der Waals surface area contributed by atoms with Gasteiger partial charge in [-0.15, -0.1) is 0 Å². The number of amides is 3. The van der Waals surface area contributed by atoms with Gasteiger partial charge in [-0.05, 0) is 32.3 Å². The summed E-state index contributed by atoms with van der Waals surface area (Å²) >= 11 is 0. The zero-order valence-corrected chi connectivity index (χ0v) is 17.1. The van der Waals surface area contributed by atoms with Crippen molar-refractivity contribution >= 4 is 17.9 Å². The second-order valence-corrected chi connectivity index (χ2v) is 7.68. The largest absolute Gasteiger partial charge is 0.396 e. The Bertz CT molecular complexity index is 882. The van der Waals surface area contributed by atoms with Gasteiger partial charge in [0.2, 0.25) is 5.96 Å². The van der Waals surface area contributed by atoms with E-state index in [1.807, 2.05) is 36.9 Å². The number of hydrogen-bond donors (Lipinski definition) is 1. The van der Waals surface area contributed by atoms with Crippen molar-refractivity contribution in [3.8, 4) is 0 Å². The number of aliphatic imine (C=N–C) groups is 1. The van der Waals surface area contributed by atoms with Crippen LogP contribution < -0.4 is 0 Å². The molecule has 3 amide bonds. The summed E-state index contributed by atoms with van der Waals surface area (Å²) < 4.78 is 0. The first-order chi connectivity index (χ1) is 14.0. The SMILES string of the molecule is CC1=C(C)N2C(=NC3C2C(=O)N(CCCO)C(=O)N3C)N1CCc1ccccc1. The predicted octanol–water partition coefficient (Wildman–Crippen LogP) is 1.44. The monoisotopic (exact) mass is 397 g/mol. The summed E-state index contributed by atoms with van der Waals surface area (Å²) in [6.07, 6.45) is 0.699. The molecule has 0 radical (unpaired) electrons. The quantitative estimate of drug-likeness (QED) is 0.786. The summed E-state index contributed by atoms with van der Waals surface area (Å²) in [5, 5.41) is 9.13. The van der Waals surface area contributed by atoms with Gasteiger partial charge in [-0.1, -0.05) is 30.3 Å². The molecule has 1 aromatic rings. The summed E-state index contributed by atoms with van der Waals surface area (Å²) in [6.45, 7) is 4.94. The molecule has 3 aliphatic rings. The molecule has 3 heterocycles. The van der Waals surface area contributed by atoms with E-state index in [0.29, 0.717) is 6.42 Å². The van der Waals surface area contributed by atoms with Crippen molar-refractivity contribution in [2.75, 3.05) is 26.7 Å². The van der Waals surface area contributed by atoms with Gasteiger partial charge in [0.25, 0.3) is 5.91 Å². The number of likely N-dealkylation sites (N-methyl/N-ethyl adjacent to an activating group) is 1. The molecule has 29 heavy (non-hydrogen) atoms. The lowest BCUT2D eigenvalue weighted by molar-refractivity contribution is -0.137. The molecule has 8 heteroatoms. The van der Waals surface area contributed by atoms with Crippen LogP contribution in [0.4, 0.5) is 4.79 Å². The summed E-state index contributed by atoms with van der Waals surface area (Å²) in [4.78, 5) is 37.6. The summed E-state index contributed by atoms with van der Waals surface area (Å²) in [5.74, 6) is 0.491. The molecular formula is C21H27N5O3. The van der Waals surface area contributed by atoms with Gasteiger partial charge < -0.3 is 14.9 Å². The number of urea groups is 1. The minimum Gasteiger partial charge on any atom is -0.396 e. The highest BCUT2D eigenvalue weighted by Crippen LogP contribution is 2.37. The molecule has 2 atom stereocenters. The predicted molar refractivity (Wildman–Crippen MR) is 109 cm³/mol. The Hall–Kier alpha value is -2.87. The van der Waals surface area contributed by atoms with E-state index in [2.05, 4.69) is 17.0 Å². The zero-order valence-electron chi connectivity index (χ0n) is 17.1. The van der Waals surface area contributed by atoms with Gasteiger partial charge in [0, 0.05) is 38.1 Å². The van der Waals surface area contributed by atoms with E-state index in [4.69, 9.17) is 10.1 Å². The number of guanidine groups is 1. The Morgan fingerprint density at radius 1 is 1.03 bits per heavy atom. The maximum Gasteiger partial charge on any atom is 0.328 e. The van der Waals surface area contributed by atoms with Gasteiger partial charge in [-0.25, -0.2) is 9.79 Å². The standard InChI is InChI=1S/C21H27N5O3/c1-14-15(2)26-17-18(23(3)21(29)25(19(17)28)11-7-13-27)22-20(26)24(14)12-10-16-8-5-4-6-9-16/h4-6,8-9,17-18,27H,7,10-13H2,1-3H3. The number of allylic oxidation sites excluding steroid dienone is 2. The van der Waals surface area contributed by atoms with Crippen LogP contribution in [0.25, 0.3) is 0 Å². The Kier molecular flexibility index (Phi) is 5.04. The number of hydrogen-bond acceptors (Lipinski definition) is 6. The molecule has 2 unspecified atom stereocenters. The minimum absolute atomic E-state index is 0.0639. The van der Waals surface area contributed by atoms with Crippen LogP contribution >= 0.6 is 0 Å². The Balaban J connectivity index is 1.60. The molecule has 0 aliphatic carbocycles. The van der Waals surface area contributed by atoms with Gasteiger partial charge >= 0.3 is 6.03 Å². The van der Waals surface area contributed by atoms with Crippen LogP contribution in [0.3, 0.4) is 0 Å². The van der Waals surface area contributed by atoms with Crippen LogP contribution in [0.15, 0.2) is 46.7 Å². The maximum atomic E-state index is 13.2. The van der Waals surface area contributed by atoms with Crippen LogP contribution in [-0.4, -0.2) is 81.6 Å². The smallest absolute Gasteiger partial charge is 0.328 e. The summed E-state index contributed by atoms with van der Waals surface area (Å²) in [7, 11) is 1.69. The average Bonchev–Trinajstić information content (AvgIpc) is 3.22. The first-order valence-electron chi connectivity index (χ1n) is 10.0. The number of rotatable bonds is 6. The third-order valence-electron chi connectivity index (χ3n) is 6.01.